The van der Waals surface area contributed by atoms with Crippen LogP contribution in [0.1, 0.15) is 11.4 Å². The second-order valence-electron chi connectivity index (χ2n) is 5.39. The van der Waals surface area contributed by atoms with Crippen molar-refractivity contribution in [3.63, 3.8) is 0 Å². The quantitative estimate of drug-likeness (QED) is 0.733. The molecule has 0 saturated carbocycles. The van der Waals surface area contributed by atoms with Crippen LogP contribution in [0.25, 0.3) is 22.3 Å². The Bertz CT molecular complexity index is 923. The van der Waals surface area contributed by atoms with Gasteiger partial charge in [0, 0.05) is 28.3 Å². The van der Waals surface area contributed by atoms with Gasteiger partial charge in [0.15, 0.2) is 0 Å². The van der Waals surface area contributed by atoms with Crippen LogP contribution in [0.15, 0.2) is 36.4 Å². The van der Waals surface area contributed by atoms with Gasteiger partial charge in [-0.2, -0.15) is 10.2 Å². The van der Waals surface area contributed by atoms with Crippen LogP contribution in [0.3, 0.4) is 0 Å². The van der Waals surface area contributed by atoms with Crippen LogP contribution in [0.2, 0.25) is 5.02 Å². The maximum absolute atomic E-state index is 14.4. The molecule has 1 aromatic heterocycles. The second-order valence-corrected chi connectivity index (χ2v) is 5.83. The van der Waals surface area contributed by atoms with Gasteiger partial charge in [0.2, 0.25) is 0 Å². The van der Waals surface area contributed by atoms with Gasteiger partial charge in [0.25, 0.3) is 0 Å². The zero-order valence-electron chi connectivity index (χ0n) is 13.0. The van der Waals surface area contributed by atoms with E-state index in [2.05, 4.69) is 10.2 Å². The van der Waals surface area contributed by atoms with Crippen molar-refractivity contribution in [1.29, 1.82) is 0 Å². The smallest absolute Gasteiger partial charge is 0.136 e. The summed E-state index contributed by atoms with van der Waals surface area (Å²) in [5.74, 6) is -3.21. The van der Waals surface area contributed by atoms with Crippen LogP contribution in [0.4, 0.5) is 13.2 Å². The van der Waals surface area contributed by atoms with Crippen LogP contribution in [0.5, 0.6) is 0 Å². The lowest BCUT2D eigenvalue weighted by atomic mass is 9.92. The average Bonchev–Trinajstić information content (AvgIpc) is 2.55. The van der Waals surface area contributed by atoms with Crippen LogP contribution in [-0.4, -0.2) is 15.3 Å². The minimum atomic E-state index is -1.09. The van der Waals surface area contributed by atoms with Crippen molar-refractivity contribution in [3.05, 3.63) is 70.3 Å². The van der Waals surface area contributed by atoms with Gasteiger partial charge >= 0.3 is 0 Å². The Balaban J connectivity index is 2.40. The third-order valence-electron chi connectivity index (χ3n) is 3.76. The number of aryl methyl sites for hydroxylation is 1. The molecule has 0 spiro atoms. The van der Waals surface area contributed by atoms with Crippen molar-refractivity contribution >= 4 is 11.6 Å². The molecule has 3 rings (SSSR count). The van der Waals surface area contributed by atoms with Crippen molar-refractivity contribution in [2.75, 3.05) is 0 Å². The Morgan fingerprint density at radius 3 is 2.08 bits per heavy atom. The number of halogens is 4. The summed E-state index contributed by atoms with van der Waals surface area (Å²) in [6.07, 6.45) is 0. The van der Waals surface area contributed by atoms with Crippen molar-refractivity contribution in [1.82, 2.24) is 10.2 Å². The fourth-order valence-corrected chi connectivity index (χ4v) is 2.82. The molecule has 25 heavy (non-hydrogen) atoms. The predicted octanol–water partition coefficient (Wildman–Crippen LogP) is 4.68. The molecule has 0 saturated heterocycles. The molecule has 1 N–H and O–H groups in total. The highest BCUT2D eigenvalue weighted by Crippen LogP contribution is 2.39. The van der Waals surface area contributed by atoms with Gasteiger partial charge in [-0.05, 0) is 24.6 Å². The van der Waals surface area contributed by atoms with E-state index in [-0.39, 0.29) is 11.3 Å². The van der Waals surface area contributed by atoms with Gasteiger partial charge in [-0.25, -0.2) is 13.2 Å². The normalized spacial score (nSPS) is 11.0. The number of hydrogen-bond donors (Lipinski definition) is 1. The van der Waals surface area contributed by atoms with E-state index in [1.165, 1.54) is 0 Å². The molecule has 2 aromatic carbocycles. The van der Waals surface area contributed by atoms with E-state index < -0.39 is 29.6 Å². The van der Waals surface area contributed by atoms with E-state index in [1.54, 1.807) is 31.2 Å². The minimum absolute atomic E-state index is 0.0139. The summed E-state index contributed by atoms with van der Waals surface area (Å²) in [7, 11) is 0. The fourth-order valence-electron chi connectivity index (χ4n) is 2.69. The highest BCUT2D eigenvalue weighted by molar-refractivity contribution is 6.30. The second kappa shape index (κ2) is 6.82. The molecule has 0 bridgehead atoms. The Kier molecular flexibility index (Phi) is 4.74. The Labute approximate surface area is 146 Å². The van der Waals surface area contributed by atoms with Crippen molar-refractivity contribution < 1.29 is 18.3 Å². The topological polar surface area (TPSA) is 46.0 Å². The molecule has 0 atom stereocenters. The number of aromatic nitrogens is 2. The van der Waals surface area contributed by atoms with Crippen LogP contribution >= 0.6 is 11.6 Å². The molecule has 3 aromatic rings. The maximum atomic E-state index is 14.4. The Morgan fingerprint density at radius 1 is 0.920 bits per heavy atom. The van der Waals surface area contributed by atoms with Gasteiger partial charge in [-0.1, -0.05) is 23.7 Å². The highest BCUT2D eigenvalue weighted by Gasteiger charge is 2.23. The summed E-state index contributed by atoms with van der Waals surface area (Å²) in [5, 5.41) is 17.9. The van der Waals surface area contributed by atoms with E-state index in [0.29, 0.717) is 34.0 Å². The summed E-state index contributed by atoms with van der Waals surface area (Å²) in [6.45, 7) is 1.04. The maximum Gasteiger partial charge on any atom is 0.136 e. The van der Waals surface area contributed by atoms with Crippen LogP contribution in [0, 0.1) is 24.4 Å². The summed E-state index contributed by atoms with van der Waals surface area (Å²) in [5.41, 5.74) is 0.933. The van der Waals surface area contributed by atoms with Gasteiger partial charge in [0.05, 0.1) is 23.6 Å². The lowest BCUT2D eigenvalue weighted by Gasteiger charge is -2.16. The summed E-state index contributed by atoms with van der Waals surface area (Å²) < 4.78 is 42.0. The van der Waals surface area contributed by atoms with Gasteiger partial charge < -0.3 is 5.11 Å². The first-order valence-corrected chi connectivity index (χ1v) is 7.68. The third-order valence-corrected chi connectivity index (χ3v) is 4.01. The van der Waals surface area contributed by atoms with E-state index >= 15 is 0 Å². The van der Waals surface area contributed by atoms with Crippen molar-refractivity contribution in [2.45, 2.75) is 13.5 Å². The first kappa shape index (κ1) is 17.4. The molecule has 0 aliphatic rings. The SMILES string of the molecule is Cc1nnc(CO)c(-c2c(F)cc(F)cc2F)c1-c1ccc(Cl)cc1. The molecular weight excluding hydrogens is 353 g/mol. The summed E-state index contributed by atoms with van der Waals surface area (Å²) >= 11 is 5.89. The molecule has 0 unspecified atom stereocenters. The number of aliphatic hydroxyl groups is 1. The molecule has 0 fully saturated rings. The fraction of sp³-hybridized carbons (Fsp3) is 0.111. The van der Waals surface area contributed by atoms with E-state index in [0.717, 1.165) is 0 Å². The standard InChI is InChI=1S/C18H12ClF3N2O/c1-9-16(10-2-4-11(19)5-3-10)18(15(8-25)24-23-9)17-13(21)6-12(20)7-14(17)22/h2-7,25H,8H2,1H3. The first-order chi connectivity index (χ1) is 11.9. The molecule has 7 heteroatoms. The number of nitrogens with zero attached hydrogens (tertiary/aromatic N) is 2. The monoisotopic (exact) mass is 364 g/mol. The lowest BCUT2D eigenvalue weighted by Crippen LogP contribution is -2.06. The van der Waals surface area contributed by atoms with E-state index in [1.807, 2.05) is 0 Å². The van der Waals surface area contributed by atoms with E-state index in [4.69, 9.17) is 11.6 Å². The molecule has 1 heterocycles. The molecular formula is C18H12ClF3N2O. The molecule has 0 radical (unpaired) electrons. The minimum Gasteiger partial charge on any atom is -0.390 e. The zero-order chi connectivity index (χ0) is 18.1. The Hall–Kier alpha value is -2.44. The highest BCUT2D eigenvalue weighted by atomic mass is 35.5. The number of benzene rings is 2. The number of rotatable bonds is 3. The van der Waals surface area contributed by atoms with E-state index in [9.17, 15) is 18.3 Å². The van der Waals surface area contributed by atoms with Crippen molar-refractivity contribution in [3.8, 4) is 22.3 Å². The molecule has 0 aliphatic heterocycles. The first-order valence-electron chi connectivity index (χ1n) is 7.30. The van der Waals surface area contributed by atoms with Gasteiger partial charge in [-0.15, -0.1) is 0 Å². The average molecular weight is 365 g/mol. The molecule has 128 valence electrons. The van der Waals surface area contributed by atoms with Gasteiger partial charge in [-0.3, -0.25) is 0 Å². The van der Waals surface area contributed by atoms with Crippen molar-refractivity contribution in [2.24, 2.45) is 0 Å². The lowest BCUT2D eigenvalue weighted by molar-refractivity contribution is 0.276. The summed E-state index contributed by atoms with van der Waals surface area (Å²) in [6, 6.07) is 7.74. The zero-order valence-corrected chi connectivity index (χ0v) is 13.8. The molecule has 3 nitrogen and oxygen atoms in total. The largest absolute Gasteiger partial charge is 0.390 e. The molecule has 0 amide bonds. The number of hydrogen-bond acceptors (Lipinski definition) is 3. The summed E-state index contributed by atoms with van der Waals surface area (Å²) in [4.78, 5) is 0. The van der Waals surface area contributed by atoms with Crippen LogP contribution in [-0.2, 0) is 6.61 Å². The predicted molar refractivity (Wildman–Crippen MR) is 88.4 cm³/mol. The Morgan fingerprint density at radius 2 is 1.52 bits per heavy atom. The van der Waals surface area contributed by atoms with Gasteiger partial charge in [0.1, 0.15) is 17.5 Å². The van der Waals surface area contributed by atoms with Crippen LogP contribution < -0.4 is 0 Å². The molecule has 0 aliphatic carbocycles. The third kappa shape index (κ3) is 3.23. The number of aliphatic hydroxyl groups excluding tert-OH is 1.